The molecule has 1 aromatic carbocycles. The van der Waals surface area contributed by atoms with Crippen LogP contribution in [0.3, 0.4) is 0 Å². The molecule has 9 heteroatoms. The van der Waals surface area contributed by atoms with Gasteiger partial charge in [-0.1, -0.05) is 41.6 Å². The van der Waals surface area contributed by atoms with Gasteiger partial charge in [0.15, 0.2) is 10.9 Å². The second-order valence-corrected chi connectivity index (χ2v) is 7.26. The molecule has 7 nitrogen and oxygen atoms in total. The van der Waals surface area contributed by atoms with Crippen molar-refractivity contribution < 1.29 is 9.59 Å². The van der Waals surface area contributed by atoms with Crippen molar-refractivity contribution in [3.05, 3.63) is 47.2 Å². The van der Waals surface area contributed by atoms with Crippen LogP contribution in [0.5, 0.6) is 0 Å². The minimum absolute atomic E-state index is 0.0259. The molecule has 1 saturated heterocycles. The van der Waals surface area contributed by atoms with Crippen LogP contribution in [0, 0.1) is 0 Å². The SMILES string of the molecule is CSc1ncc(Cl)c(C(=O)NC2CCN(C(=O)Nc3ccccc3)CC2)n1. The zero-order valence-corrected chi connectivity index (χ0v) is 16.4. The summed E-state index contributed by atoms with van der Waals surface area (Å²) in [5.41, 5.74) is 0.946. The van der Waals surface area contributed by atoms with Gasteiger partial charge in [-0.25, -0.2) is 14.8 Å². The van der Waals surface area contributed by atoms with Crippen LogP contribution >= 0.6 is 23.4 Å². The Bertz CT molecular complexity index is 813. The van der Waals surface area contributed by atoms with E-state index in [1.54, 1.807) is 4.90 Å². The third kappa shape index (κ3) is 5.11. The number of anilines is 1. The van der Waals surface area contributed by atoms with Gasteiger partial charge in [0.25, 0.3) is 5.91 Å². The molecule has 2 aromatic rings. The van der Waals surface area contributed by atoms with Gasteiger partial charge in [0.05, 0.1) is 11.2 Å². The van der Waals surface area contributed by atoms with E-state index in [2.05, 4.69) is 20.6 Å². The molecule has 142 valence electrons. The summed E-state index contributed by atoms with van der Waals surface area (Å²) in [4.78, 5) is 34.8. The lowest BCUT2D eigenvalue weighted by molar-refractivity contribution is 0.0913. The molecular weight excluding hydrogens is 386 g/mol. The Kier molecular flexibility index (Phi) is 6.52. The summed E-state index contributed by atoms with van der Waals surface area (Å²) in [5.74, 6) is -0.315. The minimum Gasteiger partial charge on any atom is -0.348 e. The van der Waals surface area contributed by atoms with Crippen LogP contribution in [0.2, 0.25) is 5.02 Å². The fourth-order valence-corrected chi connectivity index (χ4v) is 3.33. The molecular formula is C18H20ClN5O2S. The Balaban J connectivity index is 1.52. The van der Waals surface area contributed by atoms with Crippen molar-refractivity contribution in [2.75, 3.05) is 24.7 Å². The Morgan fingerprint density at radius 1 is 1.22 bits per heavy atom. The molecule has 1 fully saturated rings. The van der Waals surface area contributed by atoms with Gasteiger partial charge in [-0.2, -0.15) is 0 Å². The number of para-hydroxylation sites is 1. The van der Waals surface area contributed by atoms with Gasteiger partial charge in [-0.15, -0.1) is 0 Å². The van der Waals surface area contributed by atoms with E-state index in [1.807, 2.05) is 36.6 Å². The molecule has 3 amide bonds. The fraction of sp³-hybridized carbons (Fsp3) is 0.333. The van der Waals surface area contributed by atoms with Crippen LogP contribution in [0.25, 0.3) is 0 Å². The summed E-state index contributed by atoms with van der Waals surface area (Å²) in [6, 6.07) is 9.18. The number of piperidine rings is 1. The Labute approximate surface area is 166 Å². The van der Waals surface area contributed by atoms with Crippen LogP contribution in [-0.4, -0.2) is 52.2 Å². The van der Waals surface area contributed by atoms with E-state index in [-0.39, 0.29) is 28.7 Å². The smallest absolute Gasteiger partial charge is 0.321 e. The molecule has 0 unspecified atom stereocenters. The highest BCUT2D eigenvalue weighted by molar-refractivity contribution is 7.98. The summed E-state index contributed by atoms with van der Waals surface area (Å²) in [6.07, 6.45) is 4.62. The zero-order chi connectivity index (χ0) is 19.2. The predicted octanol–water partition coefficient (Wildman–Crippen LogP) is 3.28. The molecule has 0 radical (unpaired) electrons. The van der Waals surface area contributed by atoms with Gasteiger partial charge >= 0.3 is 6.03 Å². The number of likely N-dealkylation sites (tertiary alicyclic amines) is 1. The number of carbonyl (C=O) groups is 2. The first-order chi connectivity index (χ1) is 13.1. The Morgan fingerprint density at radius 2 is 1.93 bits per heavy atom. The maximum Gasteiger partial charge on any atom is 0.321 e. The largest absolute Gasteiger partial charge is 0.348 e. The highest BCUT2D eigenvalue weighted by Gasteiger charge is 2.25. The second-order valence-electron chi connectivity index (χ2n) is 6.08. The molecule has 27 heavy (non-hydrogen) atoms. The standard InChI is InChI=1S/C18H20ClN5O2S/c1-27-17-20-11-14(19)15(23-17)16(25)21-13-7-9-24(10-8-13)18(26)22-12-5-3-2-4-6-12/h2-6,11,13H,7-10H2,1H3,(H,21,25)(H,22,26). The number of hydrogen-bond donors (Lipinski definition) is 2. The lowest BCUT2D eigenvalue weighted by Gasteiger charge is -2.32. The van der Waals surface area contributed by atoms with Crippen molar-refractivity contribution in [2.45, 2.75) is 24.0 Å². The predicted molar refractivity (Wildman–Crippen MR) is 106 cm³/mol. The molecule has 0 saturated carbocycles. The molecule has 0 aliphatic carbocycles. The first-order valence-corrected chi connectivity index (χ1v) is 10.2. The van der Waals surface area contributed by atoms with Crippen molar-refractivity contribution in [1.29, 1.82) is 0 Å². The number of amides is 3. The van der Waals surface area contributed by atoms with Crippen molar-refractivity contribution >= 4 is 41.0 Å². The number of benzene rings is 1. The zero-order valence-electron chi connectivity index (χ0n) is 14.8. The molecule has 2 heterocycles. The third-order valence-corrected chi connectivity index (χ3v) is 5.10. The Hall–Kier alpha value is -2.32. The maximum atomic E-state index is 12.5. The number of hydrogen-bond acceptors (Lipinski definition) is 5. The minimum atomic E-state index is -0.315. The number of nitrogens with one attached hydrogen (secondary N) is 2. The number of carbonyl (C=O) groups excluding carboxylic acids is 2. The summed E-state index contributed by atoms with van der Waals surface area (Å²) in [6.45, 7) is 1.13. The van der Waals surface area contributed by atoms with E-state index in [0.717, 1.165) is 5.69 Å². The number of nitrogens with zero attached hydrogens (tertiary/aromatic N) is 3. The van der Waals surface area contributed by atoms with Crippen LogP contribution in [-0.2, 0) is 0 Å². The average Bonchev–Trinajstić information content (AvgIpc) is 2.69. The van der Waals surface area contributed by atoms with Gasteiger partial charge < -0.3 is 15.5 Å². The van der Waals surface area contributed by atoms with Gasteiger partial charge in [0.2, 0.25) is 0 Å². The van der Waals surface area contributed by atoms with Crippen molar-refractivity contribution in [3.63, 3.8) is 0 Å². The maximum absolute atomic E-state index is 12.5. The molecule has 1 aliphatic rings. The van der Waals surface area contributed by atoms with Crippen LogP contribution in [0.4, 0.5) is 10.5 Å². The van der Waals surface area contributed by atoms with E-state index in [0.29, 0.717) is 31.1 Å². The molecule has 2 N–H and O–H groups in total. The average molecular weight is 406 g/mol. The van der Waals surface area contributed by atoms with Gasteiger partial charge in [-0.05, 0) is 31.2 Å². The van der Waals surface area contributed by atoms with Crippen molar-refractivity contribution in [2.24, 2.45) is 0 Å². The molecule has 1 aliphatic heterocycles. The summed E-state index contributed by atoms with van der Waals surface area (Å²) in [5, 5.41) is 6.56. The Morgan fingerprint density at radius 3 is 2.59 bits per heavy atom. The topological polar surface area (TPSA) is 87.2 Å². The first kappa shape index (κ1) is 19.4. The number of rotatable bonds is 4. The van der Waals surface area contributed by atoms with Gasteiger partial charge in [0.1, 0.15) is 0 Å². The van der Waals surface area contributed by atoms with Crippen LogP contribution in [0.15, 0.2) is 41.7 Å². The quantitative estimate of drug-likeness (QED) is 0.602. The normalized spacial score (nSPS) is 14.7. The lowest BCUT2D eigenvalue weighted by atomic mass is 10.1. The number of halogens is 1. The monoisotopic (exact) mass is 405 g/mol. The van der Waals surface area contributed by atoms with Gasteiger partial charge in [-0.3, -0.25) is 4.79 Å². The summed E-state index contributed by atoms with van der Waals surface area (Å²) >= 11 is 7.40. The highest BCUT2D eigenvalue weighted by Crippen LogP contribution is 2.18. The first-order valence-electron chi connectivity index (χ1n) is 8.55. The van der Waals surface area contributed by atoms with Gasteiger partial charge in [0, 0.05) is 24.8 Å². The molecule has 3 rings (SSSR count). The number of aromatic nitrogens is 2. The lowest BCUT2D eigenvalue weighted by Crippen LogP contribution is -2.47. The van der Waals surface area contributed by atoms with E-state index < -0.39 is 0 Å². The van der Waals surface area contributed by atoms with E-state index in [1.165, 1.54) is 18.0 Å². The second kappa shape index (κ2) is 9.05. The van der Waals surface area contributed by atoms with Crippen molar-refractivity contribution in [3.8, 4) is 0 Å². The summed E-state index contributed by atoms with van der Waals surface area (Å²) < 4.78 is 0. The molecule has 0 spiro atoms. The van der Waals surface area contributed by atoms with E-state index >= 15 is 0 Å². The number of thioether (sulfide) groups is 1. The van der Waals surface area contributed by atoms with E-state index in [4.69, 9.17) is 11.6 Å². The van der Waals surface area contributed by atoms with Crippen molar-refractivity contribution in [1.82, 2.24) is 20.2 Å². The van der Waals surface area contributed by atoms with E-state index in [9.17, 15) is 9.59 Å². The fourth-order valence-electron chi connectivity index (χ4n) is 2.81. The number of urea groups is 1. The summed E-state index contributed by atoms with van der Waals surface area (Å²) in [7, 11) is 0. The third-order valence-electron chi connectivity index (χ3n) is 4.26. The molecule has 1 aromatic heterocycles. The van der Waals surface area contributed by atoms with Crippen LogP contribution in [0.1, 0.15) is 23.3 Å². The van der Waals surface area contributed by atoms with Crippen LogP contribution < -0.4 is 10.6 Å². The molecule has 0 bridgehead atoms. The molecule has 0 atom stereocenters. The highest BCUT2D eigenvalue weighted by atomic mass is 35.5.